The third-order valence-electron chi connectivity index (χ3n) is 2.34. The lowest BCUT2D eigenvalue weighted by atomic mass is 10.1. The van der Waals surface area contributed by atoms with Gasteiger partial charge in [-0.25, -0.2) is 0 Å². The summed E-state index contributed by atoms with van der Waals surface area (Å²) in [6.45, 7) is 0.406. The van der Waals surface area contributed by atoms with Crippen molar-refractivity contribution in [3.63, 3.8) is 0 Å². The summed E-state index contributed by atoms with van der Waals surface area (Å²) in [7, 11) is 1.57. The topological polar surface area (TPSA) is 38.3 Å². The fourth-order valence-electron chi connectivity index (χ4n) is 1.47. The first-order valence-electron chi connectivity index (χ1n) is 5.39. The van der Waals surface area contributed by atoms with Crippen LogP contribution in [0.15, 0.2) is 18.2 Å². The number of carbonyl (C=O) groups is 1. The van der Waals surface area contributed by atoms with Crippen molar-refractivity contribution in [1.82, 2.24) is 5.32 Å². The van der Waals surface area contributed by atoms with E-state index in [9.17, 15) is 4.79 Å². The largest absolute Gasteiger partial charge is 0.383 e. The smallest absolute Gasteiger partial charge is 0.253 e. The minimum atomic E-state index is -0.260. The number of rotatable bonds is 6. The molecule has 0 fully saturated rings. The molecular weight excluding hydrogens is 296 g/mol. The highest BCUT2D eigenvalue weighted by molar-refractivity contribution is 6.36. The van der Waals surface area contributed by atoms with E-state index in [0.717, 1.165) is 0 Å². The first kappa shape index (κ1) is 15.6. The van der Waals surface area contributed by atoms with Gasteiger partial charge in [0, 0.05) is 18.0 Å². The number of halogens is 3. The maximum Gasteiger partial charge on any atom is 0.253 e. The Labute approximate surface area is 121 Å². The number of methoxy groups -OCH3 is 1. The minimum absolute atomic E-state index is 0.133. The molecule has 100 valence electrons. The number of benzene rings is 1. The molecule has 0 radical (unpaired) electrons. The molecule has 1 aromatic carbocycles. The van der Waals surface area contributed by atoms with Crippen LogP contribution in [0.2, 0.25) is 10.0 Å². The van der Waals surface area contributed by atoms with Gasteiger partial charge >= 0.3 is 0 Å². The van der Waals surface area contributed by atoms with Crippen LogP contribution in [0.25, 0.3) is 0 Å². The van der Waals surface area contributed by atoms with Crippen molar-refractivity contribution in [2.45, 2.75) is 12.5 Å². The number of carbonyl (C=O) groups excluding carboxylic acids is 1. The second-order valence-electron chi connectivity index (χ2n) is 3.73. The van der Waals surface area contributed by atoms with Crippen LogP contribution < -0.4 is 5.32 Å². The van der Waals surface area contributed by atoms with E-state index in [1.165, 1.54) is 6.07 Å². The lowest BCUT2D eigenvalue weighted by Crippen LogP contribution is -2.38. The van der Waals surface area contributed by atoms with Gasteiger partial charge < -0.3 is 10.1 Å². The van der Waals surface area contributed by atoms with Crippen LogP contribution in [-0.2, 0) is 4.74 Å². The Balaban J connectivity index is 2.73. The summed E-state index contributed by atoms with van der Waals surface area (Å²) in [4.78, 5) is 12.0. The molecule has 3 nitrogen and oxygen atoms in total. The quantitative estimate of drug-likeness (QED) is 0.818. The van der Waals surface area contributed by atoms with Gasteiger partial charge in [0.25, 0.3) is 5.91 Å². The van der Waals surface area contributed by atoms with Crippen molar-refractivity contribution in [2.24, 2.45) is 0 Å². The van der Waals surface area contributed by atoms with Crippen molar-refractivity contribution in [2.75, 3.05) is 19.6 Å². The summed E-state index contributed by atoms with van der Waals surface area (Å²) in [6, 6.07) is 4.61. The maximum absolute atomic E-state index is 12.0. The zero-order chi connectivity index (χ0) is 13.5. The Morgan fingerprint density at radius 1 is 1.44 bits per heavy atom. The molecule has 0 saturated carbocycles. The highest BCUT2D eigenvalue weighted by Gasteiger charge is 2.15. The van der Waals surface area contributed by atoms with E-state index in [-0.39, 0.29) is 11.9 Å². The lowest BCUT2D eigenvalue weighted by Gasteiger charge is -2.17. The molecule has 1 atom stereocenters. The molecule has 1 unspecified atom stereocenters. The molecule has 1 amide bonds. The van der Waals surface area contributed by atoms with E-state index in [1.807, 2.05) is 0 Å². The second kappa shape index (κ2) is 7.85. The average molecular weight is 311 g/mol. The molecule has 0 aliphatic rings. The van der Waals surface area contributed by atoms with Gasteiger partial charge in [0.05, 0.1) is 23.2 Å². The highest BCUT2D eigenvalue weighted by atomic mass is 35.5. The van der Waals surface area contributed by atoms with Crippen molar-refractivity contribution >= 4 is 40.7 Å². The summed E-state index contributed by atoms with van der Waals surface area (Å²) in [5.41, 5.74) is 0.386. The molecule has 0 aliphatic heterocycles. The summed E-state index contributed by atoms with van der Waals surface area (Å²) < 4.78 is 5.02. The molecule has 1 rings (SSSR count). The summed E-state index contributed by atoms with van der Waals surface area (Å²) in [5.74, 6) is 0.187. The van der Waals surface area contributed by atoms with E-state index < -0.39 is 0 Å². The fourth-order valence-corrected chi connectivity index (χ4v) is 2.22. The van der Waals surface area contributed by atoms with Crippen molar-refractivity contribution < 1.29 is 9.53 Å². The van der Waals surface area contributed by atoms with Gasteiger partial charge in [-0.2, -0.15) is 0 Å². The van der Waals surface area contributed by atoms with Gasteiger partial charge in [0.2, 0.25) is 0 Å². The first-order valence-corrected chi connectivity index (χ1v) is 6.68. The lowest BCUT2D eigenvalue weighted by molar-refractivity contribution is 0.0895. The Hall–Kier alpha value is -0.480. The average Bonchev–Trinajstić information content (AvgIpc) is 2.29. The normalized spacial score (nSPS) is 12.2. The molecule has 1 aromatic rings. The zero-order valence-corrected chi connectivity index (χ0v) is 12.1. The molecule has 0 spiro atoms. The van der Waals surface area contributed by atoms with E-state index >= 15 is 0 Å². The number of hydrogen-bond acceptors (Lipinski definition) is 2. The number of amides is 1. The number of nitrogens with one attached hydrogen (secondary N) is 1. The van der Waals surface area contributed by atoms with Crippen LogP contribution in [0.4, 0.5) is 0 Å². The van der Waals surface area contributed by atoms with Crippen LogP contribution in [0.5, 0.6) is 0 Å². The summed E-state index contributed by atoms with van der Waals surface area (Å²) >= 11 is 17.4. The Kier molecular flexibility index (Phi) is 6.79. The second-order valence-corrected chi connectivity index (χ2v) is 4.95. The van der Waals surface area contributed by atoms with Gasteiger partial charge in [-0.05, 0) is 24.6 Å². The van der Waals surface area contributed by atoms with E-state index in [1.54, 1.807) is 19.2 Å². The van der Waals surface area contributed by atoms with Gasteiger partial charge in [-0.15, -0.1) is 11.6 Å². The van der Waals surface area contributed by atoms with Crippen LogP contribution in [0, 0.1) is 0 Å². The van der Waals surface area contributed by atoms with Crippen LogP contribution in [-0.4, -0.2) is 31.5 Å². The summed E-state index contributed by atoms with van der Waals surface area (Å²) in [5, 5.41) is 3.63. The molecule has 0 heterocycles. The van der Waals surface area contributed by atoms with E-state index in [4.69, 9.17) is 39.5 Å². The Bertz CT molecular complexity index is 406. The SMILES string of the molecule is COCC(CCCl)NC(=O)c1ccc(Cl)cc1Cl. The zero-order valence-electron chi connectivity index (χ0n) is 9.88. The minimum Gasteiger partial charge on any atom is -0.383 e. The van der Waals surface area contributed by atoms with E-state index in [0.29, 0.717) is 34.5 Å². The fraction of sp³-hybridized carbons (Fsp3) is 0.417. The Morgan fingerprint density at radius 3 is 2.72 bits per heavy atom. The van der Waals surface area contributed by atoms with Gasteiger partial charge in [0.1, 0.15) is 0 Å². The molecule has 0 aromatic heterocycles. The molecule has 18 heavy (non-hydrogen) atoms. The van der Waals surface area contributed by atoms with E-state index in [2.05, 4.69) is 5.32 Å². The monoisotopic (exact) mass is 309 g/mol. The van der Waals surface area contributed by atoms with Gasteiger partial charge in [0.15, 0.2) is 0 Å². The van der Waals surface area contributed by atoms with Crippen LogP contribution in [0.3, 0.4) is 0 Å². The standard InChI is InChI=1S/C12H14Cl3NO2/c1-18-7-9(4-5-13)16-12(17)10-3-2-8(14)6-11(10)15/h2-3,6,9H,4-5,7H2,1H3,(H,16,17). The van der Waals surface area contributed by atoms with Crippen LogP contribution in [0.1, 0.15) is 16.8 Å². The third-order valence-corrected chi connectivity index (χ3v) is 3.10. The van der Waals surface area contributed by atoms with Crippen molar-refractivity contribution in [3.05, 3.63) is 33.8 Å². The van der Waals surface area contributed by atoms with Crippen molar-refractivity contribution in [1.29, 1.82) is 0 Å². The molecule has 6 heteroatoms. The molecular formula is C12H14Cl3NO2. The van der Waals surface area contributed by atoms with Crippen molar-refractivity contribution in [3.8, 4) is 0 Å². The predicted octanol–water partition coefficient (Wildman–Crippen LogP) is 3.37. The highest BCUT2D eigenvalue weighted by Crippen LogP contribution is 2.21. The Morgan fingerprint density at radius 2 is 2.17 bits per heavy atom. The maximum atomic E-state index is 12.0. The molecule has 1 N–H and O–H groups in total. The van der Waals surface area contributed by atoms with Crippen LogP contribution >= 0.6 is 34.8 Å². The van der Waals surface area contributed by atoms with Gasteiger partial charge in [-0.1, -0.05) is 23.2 Å². The number of alkyl halides is 1. The number of hydrogen-bond donors (Lipinski definition) is 1. The number of ether oxygens (including phenoxy) is 1. The molecule has 0 bridgehead atoms. The molecule has 0 aliphatic carbocycles. The first-order chi connectivity index (χ1) is 8.58. The predicted molar refractivity (Wildman–Crippen MR) is 74.9 cm³/mol. The molecule has 0 saturated heterocycles. The third kappa shape index (κ3) is 4.65. The van der Waals surface area contributed by atoms with Gasteiger partial charge in [-0.3, -0.25) is 4.79 Å². The summed E-state index contributed by atoms with van der Waals surface area (Å²) in [6.07, 6.45) is 0.631.